The van der Waals surface area contributed by atoms with E-state index >= 15 is 0 Å². The number of amides is 3. The molecule has 172 valence electrons. The monoisotopic (exact) mass is 430 g/mol. The third kappa shape index (κ3) is 15.1. The van der Waals surface area contributed by atoms with Gasteiger partial charge in [0.25, 0.3) is 0 Å². The first-order valence-electron chi connectivity index (χ1n) is 9.84. The topological polar surface area (TPSA) is 165 Å². The lowest BCUT2D eigenvalue weighted by Crippen LogP contribution is -2.44. The highest BCUT2D eigenvalue weighted by atomic mass is 16.5. The van der Waals surface area contributed by atoms with E-state index in [4.69, 9.17) is 5.73 Å². The lowest BCUT2D eigenvalue weighted by atomic mass is 10.2. The Bertz CT molecular complexity index is 593. The van der Waals surface area contributed by atoms with Gasteiger partial charge in [-0.3, -0.25) is 28.8 Å². The van der Waals surface area contributed by atoms with E-state index in [9.17, 15) is 28.8 Å². The molecule has 0 atom stereocenters. The maximum absolute atomic E-state index is 12.2. The van der Waals surface area contributed by atoms with Crippen LogP contribution in [0, 0.1) is 0 Å². The van der Waals surface area contributed by atoms with E-state index in [0.29, 0.717) is 6.54 Å². The largest absolute Gasteiger partial charge is 0.468 e. The highest BCUT2D eigenvalue weighted by molar-refractivity contribution is 5.92. The summed E-state index contributed by atoms with van der Waals surface area (Å²) in [5.41, 5.74) is 5.18. The number of hydrogen-bond acceptors (Lipinski definition) is 8. The Morgan fingerprint density at radius 2 is 1.43 bits per heavy atom. The van der Waals surface area contributed by atoms with E-state index in [2.05, 4.69) is 15.4 Å². The number of carbonyl (C=O) groups excluding carboxylic acids is 6. The maximum Gasteiger partial charge on any atom is 0.325 e. The highest BCUT2D eigenvalue weighted by Gasteiger charge is 2.21. The standard InChI is InChI=1S/C17H28N4O7.C2H6/c1-3-19-14(24)6-4-13(23)9-20-15(25)10-21(11-17(27)28-2)16(26)7-5-12(22)8-18;1-2/h3-11,18H2,1-2H3,(H,19,24)(H,20,25);1-2H3. The summed E-state index contributed by atoms with van der Waals surface area (Å²) in [5.74, 6) is -2.92. The van der Waals surface area contributed by atoms with Gasteiger partial charge in [0.15, 0.2) is 5.78 Å². The molecule has 11 nitrogen and oxygen atoms in total. The SMILES string of the molecule is CC.CCNC(=O)CCC(=O)CNC(=O)CN(CC(=O)OC)C(=O)CCC(=O)CN. The fourth-order valence-corrected chi connectivity index (χ4v) is 2.01. The molecule has 4 N–H and O–H groups in total. The average molecular weight is 431 g/mol. The van der Waals surface area contributed by atoms with E-state index in [-0.39, 0.29) is 56.2 Å². The van der Waals surface area contributed by atoms with Gasteiger partial charge in [0.05, 0.1) is 20.2 Å². The number of methoxy groups -OCH3 is 1. The van der Waals surface area contributed by atoms with Crippen molar-refractivity contribution in [2.45, 2.75) is 46.5 Å². The molecule has 0 fully saturated rings. The Labute approximate surface area is 177 Å². The molecular weight excluding hydrogens is 396 g/mol. The van der Waals surface area contributed by atoms with Crippen molar-refractivity contribution < 1.29 is 33.5 Å². The zero-order chi connectivity index (χ0) is 23.5. The van der Waals surface area contributed by atoms with Crippen LogP contribution in [0.2, 0.25) is 0 Å². The molecule has 3 amide bonds. The van der Waals surface area contributed by atoms with Crippen molar-refractivity contribution in [1.82, 2.24) is 15.5 Å². The number of ketones is 2. The quantitative estimate of drug-likeness (QED) is 0.293. The molecule has 0 heterocycles. The third-order valence-corrected chi connectivity index (χ3v) is 3.57. The molecule has 0 bridgehead atoms. The average Bonchev–Trinajstić information content (AvgIpc) is 2.75. The molecule has 0 saturated heterocycles. The minimum Gasteiger partial charge on any atom is -0.468 e. The van der Waals surface area contributed by atoms with Crippen LogP contribution in [-0.4, -0.2) is 80.0 Å². The Morgan fingerprint density at radius 1 is 0.833 bits per heavy atom. The lowest BCUT2D eigenvalue weighted by molar-refractivity contribution is -0.148. The molecule has 0 aliphatic heterocycles. The molecule has 0 radical (unpaired) electrons. The third-order valence-electron chi connectivity index (χ3n) is 3.57. The van der Waals surface area contributed by atoms with E-state index in [1.165, 1.54) is 0 Å². The van der Waals surface area contributed by atoms with Crippen molar-refractivity contribution in [1.29, 1.82) is 0 Å². The second-order valence-corrected chi connectivity index (χ2v) is 5.84. The van der Waals surface area contributed by atoms with Crippen LogP contribution in [-0.2, 0) is 33.5 Å². The van der Waals surface area contributed by atoms with Gasteiger partial charge in [-0.2, -0.15) is 0 Å². The van der Waals surface area contributed by atoms with Gasteiger partial charge >= 0.3 is 5.97 Å². The first-order chi connectivity index (χ1) is 14.2. The van der Waals surface area contributed by atoms with Gasteiger partial charge < -0.3 is 26.0 Å². The minimum atomic E-state index is -0.732. The number of nitrogens with two attached hydrogens (primary N) is 1. The second-order valence-electron chi connectivity index (χ2n) is 5.84. The van der Waals surface area contributed by atoms with Crippen molar-refractivity contribution in [2.24, 2.45) is 5.73 Å². The fraction of sp³-hybridized carbons (Fsp3) is 0.684. The molecule has 30 heavy (non-hydrogen) atoms. The molecule has 0 rings (SSSR count). The fourth-order valence-electron chi connectivity index (χ4n) is 2.01. The van der Waals surface area contributed by atoms with Crippen molar-refractivity contribution in [2.75, 3.05) is 39.8 Å². The van der Waals surface area contributed by atoms with Crippen LogP contribution in [0.25, 0.3) is 0 Å². The molecule has 11 heteroatoms. The summed E-state index contributed by atoms with van der Waals surface area (Å²) in [6, 6.07) is 0. The Kier molecular flexibility index (Phi) is 17.8. The summed E-state index contributed by atoms with van der Waals surface area (Å²) in [4.78, 5) is 70.8. The van der Waals surface area contributed by atoms with Gasteiger partial charge in [0, 0.05) is 32.2 Å². The molecule has 0 unspecified atom stereocenters. The van der Waals surface area contributed by atoms with Crippen LogP contribution < -0.4 is 16.4 Å². The van der Waals surface area contributed by atoms with Crippen LogP contribution in [0.3, 0.4) is 0 Å². The summed E-state index contributed by atoms with van der Waals surface area (Å²) in [6.07, 6.45) is -0.318. The molecule has 0 spiro atoms. The molecule has 0 aromatic rings. The van der Waals surface area contributed by atoms with Gasteiger partial charge in [-0.05, 0) is 6.92 Å². The number of esters is 1. The number of rotatable bonds is 14. The number of nitrogens with zero attached hydrogens (tertiary/aromatic N) is 1. The van der Waals surface area contributed by atoms with E-state index in [1.54, 1.807) is 6.92 Å². The highest BCUT2D eigenvalue weighted by Crippen LogP contribution is 2.00. The summed E-state index contributed by atoms with van der Waals surface area (Å²) >= 11 is 0. The smallest absolute Gasteiger partial charge is 0.325 e. The zero-order valence-electron chi connectivity index (χ0n) is 18.2. The van der Waals surface area contributed by atoms with Crippen LogP contribution in [0.4, 0.5) is 0 Å². The van der Waals surface area contributed by atoms with E-state index in [0.717, 1.165) is 12.0 Å². The van der Waals surface area contributed by atoms with Crippen LogP contribution in [0.5, 0.6) is 0 Å². The second kappa shape index (κ2) is 18.2. The Hall–Kier alpha value is -2.82. The predicted molar refractivity (Wildman–Crippen MR) is 109 cm³/mol. The Morgan fingerprint density at radius 3 is 1.97 bits per heavy atom. The molecule has 0 aromatic carbocycles. The first-order valence-corrected chi connectivity index (χ1v) is 9.84. The van der Waals surface area contributed by atoms with Crippen LogP contribution >= 0.6 is 0 Å². The van der Waals surface area contributed by atoms with Gasteiger partial charge in [-0.25, -0.2) is 0 Å². The zero-order valence-corrected chi connectivity index (χ0v) is 18.2. The van der Waals surface area contributed by atoms with Crippen LogP contribution in [0.1, 0.15) is 46.5 Å². The van der Waals surface area contributed by atoms with Gasteiger partial charge in [-0.15, -0.1) is 0 Å². The molecule has 0 saturated carbocycles. The predicted octanol–water partition coefficient (Wildman–Crippen LogP) is -1.08. The summed E-state index contributed by atoms with van der Waals surface area (Å²) in [5, 5.41) is 4.89. The minimum absolute atomic E-state index is 0.0185. The first kappa shape index (κ1) is 29.4. The molecule has 0 aromatic heterocycles. The van der Waals surface area contributed by atoms with E-state index in [1.807, 2.05) is 13.8 Å². The van der Waals surface area contributed by atoms with Gasteiger partial charge in [-0.1, -0.05) is 13.8 Å². The number of nitrogens with one attached hydrogen (secondary N) is 2. The molecule has 0 aliphatic rings. The number of carbonyl (C=O) groups is 6. The van der Waals surface area contributed by atoms with Crippen molar-refractivity contribution in [3.8, 4) is 0 Å². The van der Waals surface area contributed by atoms with Gasteiger partial charge in [0.2, 0.25) is 17.7 Å². The normalized spacial score (nSPS) is 9.50. The molecular formula is C19H34N4O7. The summed E-state index contributed by atoms with van der Waals surface area (Å²) in [7, 11) is 1.14. The molecule has 0 aliphatic carbocycles. The summed E-state index contributed by atoms with van der Waals surface area (Å²) < 4.78 is 4.49. The van der Waals surface area contributed by atoms with Crippen molar-refractivity contribution >= 4 is 35.3 Å². The lowest BCUT2D eigenvalue weighted by Gasteiger charge is -2.20. The van der Waals surface area contributed by atoms with Crippen molar-refractivity contribution in [3.05, 3.63) is 0 Å². The number of hydrogen-bond donors (Lipinski definition) is 3. The van der Waals surface area contributed by atoms with Crippen molar-refractivity contribution in [3.63, 3.8) is 0 Å². The number of ether oxygens (including phenoxy) is 1. The number of Topliss-reactive ketones (excluding diaryl/α,β-unsaturated/α-hetero) is 2. The van der Waals surface area contributed by atoms with E-state index < -0.39 is 30.9 Å². The van der Waals surface area contributed by atoms with Crippen LogP contribution in [0.15, 0.2) is 0 Å². The maximum atomic E-state index is 12.2. The van der Waals surface area contributed by atoms with Gasteiger partial charge in [0.1, 0.15) is 18.9 Å². The summed E-state index contributed by atoms with van der Waals surface area (Å²) in [6.45, 7) is 4.77. The Balaban J connectivity index is 0.